The highest BCUT2D eigenvalue weighted by Gasteiger charge is 2.20. The van der Waals surface area contributed by atoms with Crippen molar-refractivity contribution in [3.8, 4) is 11.3 Å². The molecule has 1 amide bonds. The van der Waals surface area contributed by atoms with E-state index in [1.165, 1.54) is 0 Å². The fraction of sp³-hybridized carbons (Fsp3) is 0.412. The Morgan fingerprint density at radius 2 is 2.18 bits per heavy atom. The third kappa shape index (κ3) is 2.76. The molecule has 0 spiro atoms. The molecule has 1 aliphatic heterocycles. The second-order valence-electron chi connectivity index (χ2n) is 6.08. The van der Waals surface area contributed by atoms with Gasteiger partial charge in [-0.2, -0.15) is 5.10 Å². The summed E-state index contributed by atoms with van der Waals surface area (Å²) in [5.74, 6) is 0.0116. The van der Waals surface area contributed by atoms with Gasteiger partial charge in [-0.05, 0) is 24.5 Å². The first-order valence-corrected chi connectivity index (χ1v) is 7.75. The van der Waals surface area contributed by atoms with E-state index in [1.807, 2.05) is 26.1 Å². The van der Waals surface area contributed by atoms with Gasteiger partial charge >= 0.3 is 0 Å². The molecule has 1 aromatic heterocycles. The number of rotatable bonds is 0. The number of anilines is 1. The predicted molar refractivity (Wildman–Crippen MR) is 87.2 cm³/mol. The molecule has 1 unspecified atom stereocenters. The highest BCUT2D eigenvalue weighted by molar-refractivity contribution is 5.95. The molecule has 1 aromatic carbocycles. The molecule has 3 N–H and O–H groups in total. The summed E-state index contributed by atoms with van der Waals surface area (Å²) in [6.07, 6.45) is 4.38. The maximum absolute atomic E-state index is 12.3. The Hall–Kier alpha value is -2.14. The number of hydrogen-bond acceptors (Lipinski definition) is 3. The zero-order chi connectivity index (χ0) is 15.7. The van der Waals surface area contributed by atoms with Crippen LogP contribution in [0.2, 0.25) is 0 Å². The summed E-state index contributed by atoms with van der Waals surface area (Å²) in [5.41, 5.74) is 10.1. The maximum Gasteiger partial charge on any atom is 0.227 e. The fourth-order valence-electron chi connectivity index (χ4n) is 2.99. The standard InChI is InChI=1S/C17H22N4O/c1-11-5-3-8-14(18)12-6-4-7-13(9-12)16-15(20-17(11)22)10-19-21(16)2/h4,6-7,9-11,14H,3,5,8,18H2,1-2H3,(H,20,22)/t11-,14?/m1/s1. The molecule has 0 radical (unpaired) electrons. The van der Waals surface area contributed by atoms with Crippen LogP contribution in [0.25, 0.3) is 11.3 Å². The normalized spacial score (nSPS) is 22.2. The van der Waals surface area contributed by atoms with Gasteiger partial charge in [-0.15, -0.1) is 0 Å². The number of aromatic nitrogens is 2. The number of nitrogens with two attached hydrogens (primary N) is 1. The number of nitrogens with zero attached hydrogens (tertiary/aromatic N) is 2. The van der Waals surface area contributed by atoms with Gasteiger partial charge in [0.05, 0.1) is 17.6 Å². The summed E-state index contributed by atoms with van der Waals surface area (Å²) in [5, 5.41) is 7.31. The lowest BCUT2D eigenvalue weighted by Gasteiger charge is -2.18. The average molecular weight is 298 g/mol. The molecule has 5 heteroatoms. The quantitative estimate of drug-likeness (QED) is 0.785. The predicted octanol–water partition coefficient (Wildman–Crippen LogP) is 2.85. The third-order valence-electron chi connectivity index (χ3n) is 4.38. The molecule has 2 heterocycles. The van der Waals surface area contributed by atoms with Crippen LogP contribution in [0.4, 0.5) is 5.69 Å². The van der Waals surface area contributed by atoms with Gasteiger partial charge in [-0.3, -0.25) is 9.48 Å². The number of fused-ring (bicyclic) bond motifs is 4. The van der Waals surface area contributed by atoms with E-state index in [1.54, 1.807) is 10.9 Å². The Bertz CT molecular complexity index is 692. The molecular formula is C17H22N4O. The molecular weight excluding hydrogens is 276 g/mol. The average Bonchev–Trinajstić information content (AvgIpc) is 2.87. The van der Waals surface area contributed by atoms with Crippen LogP contribution < -0.4 is 11.1 Å². The molecule has 0 fully saturated rings. The first-order chi connectivity index (χ1) is 10.6. The molecule has 3 rings (SSSR count). The summed E-state index contributed by atoms with van der Waals surface area (Å²) >= 11 is 0. The number of hydrogen-bond donors (Lipinski definition) is 2. The minimum Gasteiger partial charge on any atom is -0.324 e. The van der Waals surface area contributed by atoms with Gasteiger partial charge in [0.1, 0.15) is 0 Å². The second-order valence-corrected chi connectivity index (χ2v) is 6.08. The number of carbonyl (C=O) groups excluding carboxylic acids is 1. The molecule has 0 saturated carbocycles. The molecule has 2 atom stereocenters. The van der Waals surface area contributed by atoms with Crippen molar-refractivity contribution in [2.75, 3.05) is 5.32 Å². The Balaban J connectivity index is 2.10. The summed E-state index contributed by atoms with van der Waals surface area (Å²) in [6.45, 7) is 1.96. The van der Waals surface area contributed by atoms with Crippen LogP contribution in [0.15, 0.2) is 30.5 Å². The Kier molecular flexibility index (Phi) is 3.98. The lowest BCUT2D eigenvalue weighted by atomic mass is 9.95. The highest BCUT2D eigenvalue weighted by Crippen LogP contribution is 2.31. The zero-order valence-corrected chi connectivity index (χ0v) is 13.0. The minimum absolute atomic E-state index is 0.00585. The lowest BCUT2D eigenvalue weighted by Crippen LogP contribution is -2.21. The number of aryl methyl sites for hydroxylation is 1. The van der Waals surface area contributed by atoms with Gasteiger partial charge in [0.15, 0.2) is 0 Å². The number of nitrogens with one attached hydrogen (secondary N) is 1. The minimum atomic E-state index is -0.0296. The molecule has 1 aliphatic rings. The van der Waals surface area contributed by atoms with Crippen LogP contribution in [-0.4, -0.2) is 15.7 Å². The maximum atomic E-state index is 12.3. The summed E-state index contributed by atoms with van der Waals surface area (Å²) in [6, 6.07) is 8.21. The molecule has 0 aliphatic carbocycles. The van der Waals surface area contributed by atoms with Crippen molar-refractivity contribution in [1.82, 2.24) is 9.78 Å². The van der Waals surface area contributed by atoms with Crippen LogP contribution in [0, 0.1) is 5.92 Å². The van der Waals surface area contributed by atoms with Crippen molar-refractivity contribution >= 4 is 11.6 Å². The fourth-order valence-corrected chi connectivity index (χ4v) is 2.99. The van der Waals surface area contributed by atoms with Crippen molar-refractivity contribution in [1.29, 1.82) is 0 Å². The number of benzene rings is 1. The van der Waals surface area contributed by atoms with E-state index >= 15 is 0 Å². The molecule has 2 bridgehead atoms. The number of carbonyl (C=O) groups is 1. The zero-order valence-electron chi connectivity index (χ0n) is 13.0. The van der Waals surface area contributed by atoms with Crippen LogP contribution in [0.3, 0.4) is 0 Å². The van der Waals surface area contributed by atoms with Crippen molar-refractivity contribution in [3.05, 3.63) is 36.0 Å². The van der Waals surface area contributed by atoms with Gasteiger partial charge in [0.2, 0.25) is 5.91 Å². The van der Waals surface area contributed by atoms with Gasteiger partial charge < -0.3 is 11.1 Å². The van der Waals surface area contributed by atoms with E-state index in [4.69, 9.17) is 5.73 Å². The van der Waals surface area contributed by atoms with Crippen LogP contribution in [0.5, 0.6) is 0 Å². The van der Waals surface area contributed by atoms with Gasteiger partial charge in [0, 0.05) is 24.6 Å². The van der Waals surface area contributed by atoms with Crippen LogP contribution in [0.1, 0.15) is 37.8 Å². The van der Waals surface area contributed by atoms with Crippen molar-refractivity contribution in [3.63, 3.8) is 0 Å². The van der Waals surface area contributed by atoms with Crippen molar-refractivity contribution in [2.24, 2.45) is 18.7 Å². The second kappa shape index (κ2) is 5.93. The van der Waals surface area contributed by atoms with Gasteiger partial charge in [0.25, 0.3) is 0 Å². The van der Waals surface area contributed by atoms with Gasteiger partial charge in [-0.25, -0.2) is 0 Å². The first kappa shape index (κ1) is 14.8. The van der Waals surface area contributed by atoms with E-state index < -0.39 is 0 Å². The summed E-state index contributed by atoms with van der Waals surface area (Å²) < 4.78 is 1.79. The monoisotopic (exact) mass is 298 g/mol. The molecule has 22 heavy (non-hydrogen) atoms. The molecule has 2 aromatic rings. The summed E-state index contributed by atoms with van der Waals surface area (Å²) in [4.78, 5) is 12.3. The Labute approximate surface area is 130 Å². The van der Waals surface area contributed by atoms with E-state index in [9.17, 15) is 4.79 Å². The number of amides is 1. The Morgan fingerprint density at radius 1 is 1.36 bits per heavy atom. The van der Waals surface area contributed by atoms with E-state index in [-0.39, 0.29) is 17.9 Å². The molecule has 5 nitrogen and oxygen atoms in total. The lowest BCUT2D eigenvalue weighted by molar-refractivity contribution is -0.119. The SMILES string of the molecule is C[C@@H]1CCCC(N)c2cccc(c2)-c2c(cnn2C)NC1=O. The van der Waals surface area contributed by atoms with Crippen molar-refractivity contribution in [2.45, 2.75) is 32.2 Å². The molecule has 116 valence electrons. The topological polar surface area (TPSA) is 72.9 Å². The smallest absolute Gasteiger partial charge is 0.227 e. The highest BCUT2D eigenvalue weighted by atomic mass is 16.1. The molecule has 0 saturated heterocycles. The van der Waals surface area contributed by atoms with Crippen molar-refractivity contribution < 1.29 is 4.79 Å². The van der Waals surface area contributed by atoms with E-state index in [0.29, 0.717) is 0 Å². The van der Waals surface area contributed by atoms with E-state index in [0.717, 1.165) is 41.8 Å². The van der Waals surface area contributed by atoms with E-state index in [2.05, 4.69) is 22.5 Å². The largest absolute Gasteiger partial charge is 0.324 e. The van der Waals surface area contributed by atoms with Crippen LogP contribution >= 0.6 is 0 Å². The summed E-state index contributed by atoms with van der Waals surface area (Å²) in [7, 11) is 1.88. The van der Waals surface area contributed by atoms with Gasteiger partial charge in [-0.1, -0.05) is 31.5 Å². The Morgan fingerprint density at radius 3 is 3.00 bits per heavy atom. The first-order valence-electron chi connectivity index (χ1n) is 7.75. The third-order valence-corrected chi connectivity index (χ3v) is 4.38. The van der Waals surface area contributed by atoms with Crippen LogP contribution in [-0.2, 0) is 11.8 Å².